The molecule has 0 aliphatic heterocycles. The number of hydrogen-bond acceptors (Lipinski definition) is 5. The summed E-state index contributed by atoms with van der Waals surface area (Å²) in [6, 6.07) is 5.74. The molecule has 0 bridgehead atoms. The number of amides is 1. The van der Waals surface area contributed by atoms with Crippen molar-refractivity contribution >= 4 is 23.6 Å². The number of nitrogens with zero attached hydrogens (tertiary/aromatic N) is 2. The number of carbonyl (C=O) groups is 2. The lowest BCUT2D eigenvalue weighted by atomic mass is 10.1. The number of non-ortho nitro benzene ring substituents is 1. The third-order valence-electron chi connectivity index (χ3n) is 3.50. The molecule has 1 aromatic heterocycles. The average molecular weight is 328 g/mol. The van der Waals surface area contributed by atoms with Gasteiger partial charge in [0.1, 0.15) is 5.69 Å². The summed E-state index contributed by atoms with van der Waals surface area (Å²) in [6.07, 6.45) is 1.37. The molecule has 0 aliphatic rings. The van der Waals surface area contributed by atoms with Crippen LogP contribution in [0.4, 0.5) is 5.69 Å². The van der Waals surface area contributed by atoms with E-state index >= 15 is 0 Å². The lowest BCUT2D eigenvalue weighted by molar-refractivity contribution is -0.384. The van der Waals surface area contributed by atoms with Crippen molar-refractivity contribution in [2.45, 2.75) is 20.8 Å². The van der Waals surface area contributed by atoms with Crippen LogP contribution in [0.1, 0.15) is 44.6 Å². The van der Waals surface area contributed by atoms with Gasteiger partial charge in [-0.3, -0.25) is 19.7 Å². The topological polar surface area (TPSA) is 117 Å². The highest BCUT2D eigenvalue weighted by molar-refractivity contribution is 6.02. The Balaban J connectivity index is 2.09. The predicted octanol–water partition coefficient (Wildman–Crippen LogP) is 2.51. The number of hydrazone groups is 1. The third kappa shape index (κ3) is 3.54. The normalized spacial score (nSPS) is 10.8. The molecule has 0 unspecified atom stereocenters. The molecule has 2 aromatic rings. The number of nitrogens with one attached hydrogen (secondary N) is 2. The van der Waals surface area contributed by atoms with Gasteiger partial charge in [0.15, 0.2) is 5.78 Å². The van der Waals surface area contributed by atoms with Crippen LogP contribution in [0.25, 0.3) is 0 Å². The maximum atomic E-state index is 12.1. The molecule has 0 saturated heterocycles. The molecule has 24 heavy (non-hydrogen) atoms. The zero-order valence-electron chi connectivity index (χ0n) is 13.4. The van der Waals surface area contributed by atoms with Gasteiger partial charge >= 0.3 is 0 Å². The number of Topliss-reactive ketones (excluding diaryl/α,β-unsaturated/α-hetero) is 1. The van der Waals surface area contributed by atoms with E-state index in [9.17, 15) is 19.7 Å². The molecular formula is C16H16N4O4. The highest BCUT2D eigenvalue weighted by atomic mass is 16.6. The van der Waals surface area contributed by atoms with E-state index in [-0.39, 0.29) is 17.2 Å². The number of benzene rings is 1. The predicted molar refractivity (Wildman–Crippen MR) is 88.4 cm³/mol. The minimum atomic E-state index is -0.494. The lowest BCUT2D eigenvalue weighted by Gasteiger charge is -1.99. The van der Waals surface area contributed by atoms with Gasteiger partial charge in [-0.1, -0.05) is 0 Å². The van der Waals surface area contributed by atoms with Crippen molar-refractivity contribution in [3.63, 3.8) is 0 Å². The Morgan fingerprint density at radius 3 is 2.38 bits per heavy atom. The number of aryl methyl sites for hydroxylation is 1. The van der Waals surface area contributed by atoms with Crippen LogP contribution in [0.5, 0.6) is 0 Å². The van der Waals surface area contributed by atoms with Crippen LogP contribution < -0.4 is 5.43 Å². The highest BCUT2D eigenvalue weighted by Crippen LogP contribution is 2.18. The zero-order valence-corrected chi connectivity index (χ0v) is 13.4. The number of nitro benzene ring substituents is 1. The number of H-pyrrole nitrogens is 1. The summed E-state index contributed by atoms with van der Waals surface area (Å²) in [5.74, 6) is -0.587. The minimum Gasteiger partial charge on any atom is -0.354 e. The Labute approximate surface area is 137 Å². The van der Waals surface area contributed by atoms with E-state index in [4.69, 9.17) is 0 Å². The number of aromatic nitrogens is 1. The van der Waals surface area contributed by atoms with Crippen LogP contribution in [-0.2, 0) is 0 Å². The van der Waals surface area contributed by atoms with Gasteiger partial charge in [-0.05, 0) is 44.0 Å². The number of aromatic amines is 1. The Hall–Kier alpha value is -3.29. The van der Waals surface area contributed by atoms with Crippen LogP contribution >= 0.6 is 0 Å². The molecule has 1 aromatic carbocycles. The number of hydrogen-bond donors (Lipinski definition) is 2. The Bertz CT molecular complexity index is 835. The van der Waals surface area contributed by atoms with E-state index in [1.807, 2.05) is 0 Å². The van der Waals surface area contributed by atoms with Crippen LogP contribution in [-0.4, -0.2) is 27.8 Å². The number of carbonyl (C=O) groups excluding carboxylic acids is 2. The first-order valence-corrected chi connectivity index (χ1v) is 7.09. The van der Waals surface area contributed by atoms with E-state index in [0.29, 0.717) is 22.4 Å². The second-order valence-electron chi connectivity index (χ2n) is 5.23. The summed E-state index contributed by atoms with van der Waals surface area (Å²) < 4.78 is 0. The number of ketones is 1. The van der Waals surface area contributed by atoms with Gasteiger partial charge in [0, 0.05) is 23.4 Å². The SMILES string of the molecule is CC(=O)c1c(C)[nH]c(C(=O)N/N=C/c2ccc([N+](=O)[O-])cc2)c1C. The lowest BCUT2D eigenvalue weighted by Crippen LogP contribution is -2.19. The number of nitro groups is 1. The molecule has 1 heterocycles. The van der Waals surface area contributed by atoms with Crippen molar-refractivity contribution in [3.05, 3.63) is 62.5 Å². The maximum absolute atomic E-state index is 12.1. The molecule has 8 heteroatoms. The Morgan fingerprint density at radius 2 is 1.88 bits per heavy atom. The van der Waals surface area contributed by atoms with Gasteiger partial charge in [-0.15, -0.1) is 0 Å². The van der Waals surface area contributed by atoms with Crippen LogP contribution in [0.15, 0.2) is 29.4 Å². The van der Waals surface area contributed by atoms with Gasteiger partial charge < -0.3 is 4.98 Å². The van der Waals surface area contributed by atoms with E-state index in [1.54, 1.807) is 13.8 Å². The molecule has 0 spiro atoms. The Kier molecular flexibility index (Phi) is 4.88. The van der Waals surface area contributed by atoms with Crippen molar-refractivity contribution in [1.29, 1.82) is 0 Å². The van der Waals surface area contributed by atoms with Gasteiger partial charge in [0.2, 0.25) is 0 Å². The second kappa shape index (κ2) is 6.86. The Morgan fingerprint density at radius 1 is 1.25 bits per heavy atom. The molecule has 0 fully saturated rings. The van der Waals surface area contributed by atoms with E-state index in [0.717, 1.165) is 0 Å². The highest BCUT2D eigenvalue weighted by Gasteiger charge is 2.19. The van der Waals surface area contributed by atoms with Crippen molar-refractivity contribution in [1.82, 2.24) is 10.4 Å². The fourth-order valence-corrected chi connectivity index (χ4v) is 2.41. The molecule has 0 aliphatic carbocycles. The first-order chi connectivity index (χ1) is 11.3. The van der Waals surface area contributed by atoms with Gasteiger partial charge in [-0.25, -0.2) is 5.43 Å². The van der Waals surface area contributed by atoms with Crippen molar-refractivity contribution in [2.24, 2.45) is 5.10 Å². The van der Waals surface area contributed by atoms with E-state index in [1.165, 1.54) is 37.4 Å². The molecule has 124 valence electrons. The van der Waals surface area contributed by atoms with E-state index in [2.05, 4.69) is 15.5 Å². The number of rotatable bonds is 5. The van der Waals surface area contributed by atoms with Crippen molar-refractivity contribution < 1.29 is 14.5 Å². The standard InChI is InChI=1S/C16H16N4O4/c1-9-14(11(3)21)10(2)18-15(9)16(22)19-17-8-12-4-6-13(7-5-12)20(23)24/h4-8,18H,1-3H3,(H,19,22)/b17-8+. The molecule has 1 amide bonds. The molecule has 0 atom stereocenters. The molecule has 2 N–H and O–H groups in total. The summed E-state index contributed by atoms with van der Waals surface area (Å²) in [6.45, 7) is 4.85. The summed E-state index contributed by atoms with van der Waals surface area (Å²) in [4.78, 5) is 36.7. The van der Waals surface area contributed by atoms with Crippen LogP contribution in [0, 0.1) is 24.0 Å². The zero-order chi connectivity index (χ0) is 17.9. The minimum absolute atomic E-state index is 0.0227. The smallest absolute Gasteiger partial charge is 0.288 e. The van der Waals surface area contributed by atoms with Crippen LogP contribution in [0.3, 0.4) is 0 Å². The van der Waals surface area contributed by atoms with E-state index < -0.39 is 10.8 Å². The first-order valence-electron chi connectivity index (χ1n) is 7.09. The summed E-state index contributed by atoms with van der Waals surface area (Å²) in [5, 5.41) is 14.4. The van der Waals surface area contributed by atoms with Crippen LogP contribution in [0.2, 0.25) is 0 Å². The quantitative estimate of drug-likeness (QED) is 0.379. The van der Waals surface area contributed by atoms with Gasteiger partial charge in [0.25, 0.3) is 11.6 Å². The van der Waals surface area contributed by atoms with Gasteiger partial charge in [-0.2, -0.15) is 5.10 Å². The first kappa shape index (κ1) is 17.1. The third-order valence-corrected chi connectivity index (χ3v) is 3.50. The molecular weight excluding hydrogens is 312 g/mol. The van der Waals surface area contributed by atoms with Gasteiger partial charge in [0.05, 0.1) is 11.1 Å². The molecule has 0 radical (unpaired) electrons. The molecule has 0 saturated carbocycles. The molecule has 2 rings (SSSR count). The molecule has 8 nitrogen and oxygen atoms in total. The summed E-state index contributed by atoms with van der Waals surface area (Å²) >= 11 is 0. The summed E-state index contributed by atoms with van der Waals surface area (Å²) in [7, 11) is 0. The van der Waals surface area contributed by atoms with Crippen molar-refractivity contribution in [2.75, 3.05) is 0 Å². The second-order valence-corrected chi connectivity index (χ2v) is 5.23. The largest absolute Gasteiger partial charge is 0.354 e. The maximum Gasteiger partial charge on any atom is 0.288 e. The van der Waals surface area contributed by atoms with Crippen molar-refractivity contribution in [3.8, 4) is 0 Å². The fraction of sp³-hybridized carbons (Fsp3) is 0.188. The monoisotopic (exact) mass is 328 g/mol. The summed E-state index contributed by atoms with van der Waals surface area (Å²) in [5.41, 5.74) is 4.92. The fourth-order valence-electron chi connectivity index (χ4n) is 2.41. The average Bonchev–Trinajstić information content (AvgIpc) is 2.82.